The molecule has 2 nitrogen and oxygen atoms in total. The topological polar surface area (TPSA) is 36.7 Å². The van der Waals surface area contributed by atoms with Gasteiger partial charge in [0.15, 0.2) is 0 Å². The lowest BCUT2D eigenvalue weighted by atomic mass is 10.1. The van der Waals surface area contributed by atoms with Crippen molar-refractivity contribution in [3.05, 3.63) is 63.3 Å². The minimum atomic E-state index is 0.603. The van der Waals surface area contributed by atoms with Crippen molar-refractivity contribution in [3.63, 3.8) is 0 Å². The highest BCUT2D eigenvalue weighted by Crippen LogP contribution is 2.29. The van der Waals surface area contributed by atoms with Gasteiger partial charge in [-0.25, -0.2) is 4.98 Å². The molecule has 2 aromatic heterocycles. The standard InChI is InChI=1S/C17H12N2S2/c1-12-4-6-13(7-5-12)9-14(10-18)17-19-15(11-21-17)16-3-2-8-20-16/h2-9,11H,1H3. The first kappa shape index (κ1) is 13.7. The molecule has 0 aliphatic heterocycles. The molecule has 3 rings (SSSR count). The number of nitriles is 1. The number of aromatic nitrogens is 1. The van der Waals surface area contributed by atoms with E-state index >= 15 is 0 Å². The monoisotopic (exact) mass is 308 g/mol. The van der Waals surface area contributed by atoms with Crippen LogP contribution in [0.5, 0.6) is 0 Å². The second-order valence-electron chi connectivity index (χ2n) is 4.60. The second-order valence-corrected chi connectivity index (χ2v) is 6.40. The Labute approximate surface area is 131 Å². The molecule has 4 heteroatoms. The zero-order valence-corrected chi connectivity index (χ0v) is 13.0. The Bertz CT molecular complexity index is 803. The summed E-state index contributed by atoms with van der Waals surface area (Å²) in [6.07, 6.45) is 1.89. The van der Waals surface area contributed by atoms with E-state index in [9.17, 15) is 5.26 Å². The third kappa shape index (κ3) is 3.10. The fourth-order valence-electron chi connectivity index (χ4n) is 1.91. The maximum absolute atomic E-state index is 9.39. The van der Waals surface area contributed by atoms with Crippen molar-refractivity contribution in [1.82, 2.24) is 4.98 Å². The molecule has 102 valence electrons. The lowest BCUT2D eigenvalue weighted by Gasteiger charge is -1.96. The van der Waals surface area contributed by atoms with E-state index in [-0.39, 0.29) is 0 Å². The molecule has 1 aromatic carbocycles. The van der Waals surface area contributed by atoms with E-state index in [2.05, 4.69) is 11.1 Å². The van der Waals surface area contributed by atoms with Crippen LogP contribution in [-0.4, -0.2) is 4.98 Å². The van der Waals surface area contributed by atoms with Gasteiger partial charge in [0, 0.05) is 5.38 Å². The first-order valence-corrected chi connectivity index (χ1v) is 8.20. The predicted octanol–water partition coefficient (Wildman–Crippen LogP) is 5.24. The van der Waals surface area contributed by atoms with Gasteiger partial charge in [0.05, 0.1) is 16.1 Å². The zero-order valence-electron chi connectivity index (χ0n) is 11.4. The lowest BCUT2D eigenvalue weighted by molar-refractivity contribution is 1.38. The van der Waals surface area contributed by atoms with Crippen LogP contribution < -0.4 is 0 Å². The summed E-state index contributed by atoms with van der Waals surface area (Å²) in [5, 5.41) is 14.2. The first-order valence-electron chi connectivity index (χ1n) is 6.44. The largest absolute Gasteiger partial charge is 0.234 e. The lowest BCUT2D eigenvalue weighted by Crippen LogP contribution is -1.82. The summed E-state index contributed by atoms with van der Waals surface area (Å²) >= 11 is 3.16. The molecule has 0 saturated carbocycles. The van der Waals surface area contributed by atoms with Crippen molar-refractivity contribution in [1.29, 1.82) is 5.26 Å². The van der Waals surface area contributed by atoms with Crippen molar-refractivity contribution < 1.29 is 0 Å². The molecule has 0 fully saturated rings. The maximum atomic E-state index is 9.39. The third-order valence-corrected chi connectivity index (χ3v) is 4.78. The highest BCUT2D eigenvalue weighted by molar-refractivity contribution is 7.14. The summed E-state index contributed by atoms with van der Waals surface area (Å²) in [5.74, 6) is 0. The molecular weight excluding hydrogens is 296 g/mol. The van der Waals surface area contributed by atoms with E-state index in [1.54, 1.807) is 11.3 Å². The SMILES string of the molecule is Cc1ccc(C=C(C#N)c2nc(-c3cccs3)cs2)cc1. The number of thiophene rings is 1. The molecule has 0 amide bonds. The Hall–Kier alpha value is -2.22. The number of hydrogen-bond donors (Lipinski definition) is 0. The average Bonchev–Trinajstić information content (AvgIpc) is 3.17. The van der Waals surface area contributed by atoms with Gasteiger partial charge in [-0.3, -0.25) is 0 Å². The van der Waals surface area contributed by atoms with E-state index in [1.807, 2.05) is 60.2 Å². The Balaban J connectivity index is 1.94. The third-order valence-electron chi connectivity index (χ3n) is 3.02. The van der Waals surface area contributed by atoms with Gasteiger partial charge < -0.3 is 0 Å². The molecule has 0 aliphatic rings. The number of aryl methyl sites for hydroxylation is 1. The molecule has 0 unspecified atom stereocenters. The summed E-state index contributed by atoms with van der Waals surface area (Å²) in [7, 11) is 0. The van der Waals surface area contributed by atoms with E-state index in [0.717, 1.165) is 21.1 Å². The van der Waals surface area contributed by atoms with Crippen LogP contribution in [0.3, 0.4) is 0 Å². The molecule has 0 atom stereocenters. The fraction of sp³-hybridized carbons (Fsp3) is 0.0588. The van der Waals surface area contributed by atoms with E-state index < -0.39 is 0 Å². The highest BCUT2D eigenvalue weighted by Gasteiger charge is 2.09. The number of thiazole rings is 1. The van der Waals surface area contributed by atoms with Crippen molar-refractivity contribution in [2.45, 2.75) is 6.92 Å². The molecule has 0 bridgehead atoms. The molecule has 0 radical (unpaired) electrons. The smallest absolute Gasteiger partial charge is 0.134 e. The normalized spacial score (nSPS) is 11.3. The van der Waals surface area contributed by atoms with Crippen LogP contribution in [0.15, 0.2) is 47.2 Å². The molecule has 0 saturated heterocycles. The molecule has 3 aromatic rings. The Morgan fingerprint density at radius 1 is 1.19 bits per heavy atom. The number of rotatable bonds is 3. The van der Waals surface area contributed by atoms with Gasteiger partial charge in [-0.05, 0) is 30.0 Å². The van der Waals surface area contributed by atoms with Crippen molar-refractivity contribution in [2.24, 2.45) is 0 Å². The van der Waals surface area contributed by atoms with Crippen LogP contribution in [0.4, 0.5) is 0 Å². The highest BCUT2D eigenvalue weighted by atomic mass is 32.1. The van der Waals surface area contributed by atoms with E-state index in [1.165, 1.54) is 16.9 Å². The van der Waals surface area contributed by atoms with Crippen LogP contribution in [-0.2, 0) is 0 Å². The Kier molecular flexibility index (Phi) is 3.96. The van der Waals surface area contributed by atoms with E-state index in [4.69, 9.17) is 0 Å². The van der Waals surface area contributed by atoms with Crippen LogP contribution in [0, 0.1) is 18.3 Å². The van der Waals surface area contributed by atoms with Gasteiger partial charge in [0.25, 0.3) is 0 Å². The van der Waals surface area contributed by atoms with Gasteiger partial charge in [-0.1, -0.05) is 35.9 Å². The Morgan fingerprint density at radius 3 is 2.67 bits per heavy atom. The van der Waals surface area contributed by atoms with Gasteiger partial charge in [0.2, 0.25) is 0 Å². The number of benzene rings is 1. The number of allylic oxidation sites excluding steroid dienone is 1. The Morgan fingerprint density at radius 2 is 2.00 bits per heavy atom. The molecule has 0 N–H and O–H groups in total. The van der Waals surface area contributed by atoms with Crippen LogP contribution in [0.2, 0.25) is 0 Å². The molecule has 21 heavy (non-hydrogen) atoms. The first-order chi connectivity index (χ1) is 10.3. The fourth-order valence-corrected chi connectivity index (χ4v) is 3.45. The van der Waals surface area contributed by atoms with Crippen molar-refractivity contribution in [3.8, 4) is 16.6 Å². The van der Waals surface area contributed by atoms with Crippen molar-refractivity contribution >= 4 is 34.3 Å². The minimum absolute atomic E-state index is 0.603. The zero-order chi connectivity index (χ0) is 14.7. The molecule has 0 spiro atoms. The summed E-state index contributed by atoms with van der Waals surface area (Å²) in [4.78, 5) is 5.71. The quantitative estimate of drug-likeness (QED) is 0.620. The second kappa shape index (κ2) is 6.04. The van der Waals surface area contributed by atoms with Gasteiger partial charge in [0.1, 0.15) is 11.1 Å². The molecule has 2 heterocycles. The van der Waals surface area contributed by atoms with Gasteiger partial charge in [-0.2, -0.15) is 5.26 Å². The van der Waals surface area contributed by atoms with Crippen LogP contribution in [0.25, 0.3) is 22.2 Å². The average molecular weight is 308 g/mol. The van der Waals surface area contributed by atoms with Crippen LogP contribution >= 0.6 is 22.7 Å². The maximum Gasteiger partial charge on any atom is 0.134 e. The van der Waals surface area contributed by atoms with Crippen LogP contribution in [0.1, 0.15) is 16.1 Å². The van der Waals surface area contributed by atoms with Gasteiger partial charge >= 0.3 is 0 Å². The summed E-state index contributed by atoms with van der Waals surface area (Å²) in [5.41, 5.74) is 3.77. The number of nitrogens with zero attached hydrogens (tertiary/aromatic N) is 2. The summed E-state index contributed by atoms with van der Waals surface area (Å²) in [6.45, 7) is 2.05. The summed E-state index contributed by atoms with van der Waals surface area (Å²) in [6, 6.07) is 14.4. The molecule has 0 aliphatic carbocycles. The number of hydrogen-bond acceptors (Lipinski definition) is 4. The van der Waals surface area contributed by atoms with E-state index in [0.29, 0.717) is 5.57 Å². The van der Waals surface area contributed by atoms with Gasteiger partial charge in [-0.15, -0.1) is 22.7 Å². The van der Waals surface area contributed by atoms with Crippen molar-refractivity contribution in [2.75, 3.05) is 0 Å². The predicted molar refractivity (Wildman–Crippen MR) is 90.1 cm³/mol. The molecular formula is C17H12N2S2. The summed E-state index contributed by atoms with van der Waals surface area (Å²) < 4.78 is 0. The minimum Gasteiger partial charge on any atom is -0.234 e.